The molecule has 0 saturated carbocycles. The first-order valence-corrected chi connectivity index (χ1v) is 2.44. The first kappa shape index (κ1) is 7.14. The molecule has 0 saturated heterocycles. The van der Waals surface area contributed by atoms with Gasteiger partial charge in [-0.15, -0.1) is 0 Å². The van der Waals surface area contributed by atoms with E-state index in [1.807, 2.05) is 6.92 Å². The van der Waals surface area contributed by atoms with E-state index in [0.29, 0.717) is 0 Å². The number of hydrazone groups is 1. The Kier molecular flexibility index (Phi) is 3.84. The lowest BCUT2D eigenvalue weighted by Gasteiger charge is -1.87. The van der Waals surface area contributed by atoms with Crippen LogP contribution in [0.3, 0.4) is 0 Å². The molecule has 0 aromatic carbocycles. The summed E-state index contributed by atoms with van der Waals surface area (Å²) in [6.45, 7) is 1.88. The first-order chi connectivity index (χ1) is 3.81. The molecule has 0 radical (unpaired) electrons. The van der Waals surface area contributed by atoms with E-state index in [9.17, 15) is 0 Å². The van der Waals surface area contributed by atoms with Crippen LogP contribution in [0.2, 0.25) is 0 Å². The Morgan fingerprint density at radius 3 is 2.62 bits per heavy atom. The van der Waals surface area contributed by atoms with Crippen LogP contribution in [0.5, 0.6) is 0 Å². The Bertz CT molecular complexity index is 104. The van der Waals surface area contributed by atoms with Crippen LogP contribution in [-0.4, -0.2) is 26.0 Å². The minimum absolute atomic E-state index is 0.884. The Hall–Kier alpha value is -0.860. The summed E-state index contributed by atoms with van der Waals surface area (Å²) in [5.41, 5.74) is 3.53. The maximum Gasteiger partial charge on any atom is 0.0749 e. The summed E-state index contributed by atoms with van der Waals surface area (Å²) in [6, 6.07) is 0. The van der Waals surface area contributed by atoms with Crippen LogP contribution < -0.4 is 5.43 Å². The molecule has 1 N–H and O–H groups in total. The Labute approximate surface area is 49.5 Å². The maximum atomic E-state index is 3.83. The molecule has 0 fully saturated rings. The standard InChI is InChI=1S/C5H11N3/c1-5(4-6-2)8-7-3/h4,7H,1-3H3/b6-4?,8-5-. The van der Waals surface area contributed by atoms with Crippen molar-refractivity contribution >= 4 is 11.9 Å². The van der Waals surface area contributed by atoms with Gasteiger partial charge in [0.2, 0.25) is 0 Å². The van der Waals surface area contributed by atoms with Gasteiger partial charge in [0, 0.05) is 20.3 Å². The SMILES string of the molecule is CN=C/C(C)=N\NC. The van der Waals surface area contributed by atoms with Gasteiger partial charge in [-0.2, -0.15) is 5.10 Å². The van der Waals surface area contributed by atoms with E-state index in [4.69, 9.17) is 0 Å². The highest BCUT2D eigenvalue weighted by atomic mass is 15.3. The lowest BCUT2D eigenvalue weighted by atomic mass is 10.5. The Morgan fingerprint density at radius 2 is 2.25 bits per heavy atom. The third-order valence-electron chi connectivity index (χ3n) is 0.604. The molecule has 3 nitrogen and oxygen atoms in total. The van der Waals surface area contributed by atoms with Gasteiger partial charge in [0.15, 0.2) is 0 Å². The van der Waals surface area contributed by atoms with Gasteiger partial charge in [0.25, 0.3) is 0 Å². The molecule has 0 rings (SSSR count). The highest BCUT2D eigenvalue weighted by molar-refractivity contribution is 6.29. The van der Waals surface area contributed by atoms with E-state index in [1.54, 1.807) is 20.3 Å². The van der Waals surface area contributed by atoms with Crippen molar-refractivity contribution in [3.63, 3.8) is 0 Å². The van der Waals surface area contributed by atoms with Gasteiger partial charge >= 0.3 is 0 Å². The molecule has 0 bridgehead atoms. The minimum Gasteiger partial charge on any atom is -0.313 e. The fraction of sp³-hybridized carbons (Fsp3) is 0.600. The Morgan fingerprint density at radius 1 is 1.62 bits per heavy atom. The fourth-order valence-electron chi connectivity index (χ4n) is 0.392. The molecule has 0 atom stereocenters. The van der Waals surface area contributed by atoms with Crippen LogP contribution in [0.15, 0.2) is 10.1 Å². The van der Waals surface area contributed by atoms with Crippen LogP contribution in [0.4, 0.5) is 0 Å². The summed E-state index contributed by atoms with van der Waals surface area (Å²) in [6.07, 6.45) is 1.69. The topological polar surface area (TPSA) is 36.8 Å². The molecule has 0 unspecified atom stereocenters. The van der Waals surface area contributed by atoms with Crippen molar-refractivity contribution < 1.29 is 0 Å². The molecular formula is C5H11N3. The third kappa shape index (κ3) is 3.33. The van der Waals surface area contributed by atoms with Gasteiger partial charge in [0.05, 0.1) is 5.71 Å². The van der Waals surface area contributed by atoms with Gasteiger partial charge in [-0.1, -0.05) is 0 Å². The van der Waals surface area contributed by atoms with Crippen molar-refractivity contribution in [3.05, 3.63) is 0 Å². The van der Waals surface area contributed by atoms with Crippen molar-refractivity contribution in [1.82, 2.24) is 5.43 Å². The largest absolute Gasteiger partial charge is 0.313 e. The van der Waals surface area contributed by atoms with Crippen LogP contribution >= 0.6 is 0 Å². The fourth-order valence-corrected chi connectivity index (χ4v) is 0.392. The molecule has 0 aromatic heterocycles. The van der Waals surface area contributed by atoms with Crippen molar-refractivity contribution in [2.24, 2.45) is 10.1 Å². The summed E-state index contributed by atoms with van der Waals surface area (Å²) in [7, 11) is 3.47. The molecular weight excluding hydrogens is 102 g/mol. The summed E-state index contributed by atoms with van der Waals surface area (Å²) in [4.78, 5) is 3.76. The van der Waals surface area contributed by atoms with Gasteiger partial charge in [-0.25, -0.2) is 0 Å². The maximum absolute atomic E-state index is 3.83. The summed E-state index contributed by atoms with van der Waals surface area (Å²) in [5, 5.41) is 3.83. The molecule has 0 aliphatic rings. The van der Waals surface area contributed by atoms with Crippen molar-refractivity contribution in [1.29, 1.82) is 0 Å². The monoisotopic (exact) mass is 113 g/mol. The molecule has 0 aliphatic carbocycles. The molecule has 46 valence electrons. The zero-order valence-electron chi connectivity index (χ0n) is 5.47. The highest BCUT2D eigenvalue weighted by Gasteiger charge is 1.76. The average molecular weight is 113 g/mol. The second-order valence-corrected chi connectivity index (χ2v) is 1.36. The predicted octanol–water partition coefficient (Wildman–Crippen LogP) is 0.282. The summed E-state index contributed by atoms with van der Waals surface area (Å²) < 4.78 is 0. The van der Waals surface area contributed by atoms with Crippen LogP contribution in [0.1, 0.15) is 6.92 Å². The second kappa shape index (κ2) is 4.30. The quantitative estimate of drug-likeness (QED) is 0.405. The number of nitrogens with zero attached hydrogens (tertiary/aromatic N) is 2. The summed E-state index contributed by atoms with van der Waals surface area (Å²) in [5.74, 6) is 0. The highest BCUT2D eigenvalue weighted by Crippen LogP contribution is 1.65. The Balaban J connectivity index is 3.61. The van der Waals surface area contributed by atoms with Crippen molar-refractivity contribution in [3.8, 4) is 0 Å². The van der Waals surface area contributed by atoms with E-state index in [2.05, 4.69) is 15.5 Å². The zero-order chi connectivity index (χ0) is 6.41. The number of aliphatic imine (C=N–C) groups is 1. The van der Waals surface area contributed by atoms with Gasteiger partial charge in [0.1, 0.15) is 0 Å². The van der Waals surface area contributed by atoms with E-state index in [1.165, 1.54) is 0 Å². The lowest BCUT2D eigenvalue weighted by Crippen LogP contribution is -2.01. The van der Waals surface area contributed by atoms with Crippen LogP contribution in [0.25, 0.3) is 0 Å². The predicted molar refractivity (Wildman–Crippen MR) is 36.6 cm³/mol. The molecule has 0 spiro atoms. The molecule has 0 heterocycles. The minimum atomic E-state index is 0.884. The van der Waals surface area contributed by atoms with E-state index in [0.717, 1.165) is 5.71 Å². The van der Waals surface area contributed by atoms with Crippen LogP contribution in [0, 0.1) is 0 Å². The van der Waals surface area contributed by atoms with E-state index >= 15 is 0 Å². The smallest absolute Gasteiger partial charge is 0.0749 e. The molecule has 8 heavy (non-hydrogen) atoms. The van der Waals surface area contributed by atoms with Crippen molar-refractivity contribution in [2.75, 3.05) is 14.1 Å². The van der Waals surface area contributed by atoms with E-state index < -0.39 is 0 Å². The molecule has 0 aliphatic heterocycles. The number of hydrogen-bond donors (Lipinski definition) is 1. The van der Waals surface area contributed by atoms with Gasteiger partial charge < -0.3 is 5.43 Å². The van der Waals surface area contributed by atoms with Gasteiger partial charge in [-0.05, 0) is 6.92 Å². The van der Waals surface area contributed by atoms with Crippen LogP contribution in [-0.2, 0) is 0 Å². The number of rotatable bonds is 2. The lowest BCUT2D eigenvalue weighted by molar-refractivity contribution is 0.903. The molecule has 3 heteroatoms. The van der Waals surface area contributed by atoms with E-state index in [-0.39, 0.29) is 0 Å². The second-order valence-electron chi connectivity index (χ2n) is 1.36. The summed E-state index contributed by atoms with van der Waals surface area (Å²) >= 11 is 0. The van der Waals surface area contributed by atoms with Gasteiger partial charge in [-0.3, -0.25) is 4.99 Å². The average Bonchev–Trinajstić information content (AvgIpc) is 1.68. The normalized spacial score (nSPS) is 12.6. The third-order valence-corrected chi connectivity index (χ3v) is 0.604. The number of hydrogen-bond acceptors (Lipinski definition) is 3. The van der Waals surface area contributed by atoms with Crippen molar-refractivity contribution in [2.45, 2.75) is 6.92 Å². The molecule has 0 amide bonds. The number of nitrogens with one attached hydrogen (secondary N) is 1. The molecule has 0 aromatic rings. The zero-order valence-corrected chi connectivity index (χ0v) is 5.47. The first-order valence-electron chi connectivity index (χ1n) is 2.44.